The number of aromatic carboxylic acids is 1. The Kier molecular flexibility index (Phi) is 6.56. The molecule has 1 fully saturated rings. The van der Waals surface area contributed by atoms with Crippen LogP contribution < -0.4 is 50.2 Å². The van der Waals surface area contributed by atoms with E-state index in [-0.39, 0.29) is 41.1 Å². The third-order valence-corrected chi connectivity index (χ3v) is 5.47. The van der Waals surface area contributed by atoms with Crippen molar-refractivity contribution in [1.82, 2.24) is 19.9 Å². The summed E-state index contributed by atoms with van der Waals surface area (Å²) in [7, 11) is 0. The number of nitrogen functional groups attached to an aromatic ring is 1. The van der Waals surface area contributed by atoms with Gasteiger partial charge in [0.15, 0.2) is 0 Å². The van der Waals surface area contributed by atoms with Crippen LogP contribution >= 0.6 is 0 Å². The fraction of sp³-hybridized carbons (Fsp3) is 0.286. The van der Waals surface area contributed by atoms with Crippen LogP contribution in [0.5, 0.6) is 0 Å². The molecule has 2 aliphatic rings. The number of carboxylic acid groups (broad SMARTS) is 1. The summed E-state index contributed by atoms with van der Waals surface area (Å²) in [5, 5.41) is 11.1. The van der Waals surface area contributed by atoms with Gasteiger partial charge in [-0.2, -0.15) is 4.98 Å². The number of nitrogens with two attached hydrogens (primary N) is 1. The Morgan fingerprint density at radius 2 is 1.72 bits per heavy atom. The van der Waals surface area contributed by atoms with Crippen LogP contribution in [0.15, 0.2) is 36.7 Å². The third-order valence-electron chi connectivity index (χ3n) is 5.47. The molecule has 2 aromatic heterocycles. The molecular formula is C21H20N7NaO3. The number of nitrogens with zero attached hydrogens (tertiary/aromatic N) is 6. The summed E-state index contributed by atoms with van der Waals surface area (Å²) < 4.78 is 5.47. The molecule has 0 spiro atoms. The predicted octanol–water partition coefficient (Wildman–Crippen LogP) is -2.59. The molecule has 3 aromatic rings. The second-order valence-electron chi connectivity index (χ2n) is 7.34. The molecule has 11 heteroatoms. The van der Waals surface area contributed by atoms with Gasteiger partial charge in [0.1, 0.15) is 5.82 Å². The molecule has 1 aromatic carbocycles. The molecule has 0 atom stereocenters. The van der Waals surface area contributed by atoms with Gasteiger partial charge >= 0.3 is 29.6 Å². The summed E-state index contributed by atoms with van der Waals surface area (Å²) in [6.07, 6.45) is 4.08. The number of carbonyl (C=O) groups is 1. The summed E-state index contributed by atoms with van der Waals surface area (Å²) in [4.78, 5) is 33.3. The van der Waals surface area contributed by atoms with Crippen molar-refractivity contribution < 1.29 is 44.2 Å². The van der Waals surface area contributed by atoms with E-state index < -0.39 is 5.97 Å². The standard InChI is InChI=1S/C21H21N7O3.Na/c22-20-23-11-14(12-24-20)17-16-5-6-28(15-3-1-13(2-4-15)19(29)30)18(16)26-21(25-17)27-7-9-31-10-8-27;/h1-4,11-12H,5-10H2,(H,29,30)(H2,22,23,24);/q;+1/p-1. The Morgan fingerprint density at radius 3 is 2.38 bits per heavy atom. The van der Waals surface area contributed by atoms with Gasteiger partial charge < -0.3 is 30.2 Å². The maximum absolute atomic E-state index is 11.1. The number of fused-ring (bicyclic) bond motifs is 1. The molecule has 0 radical (unpaired) electrons. The van der Waals surface area contributed by atoms with E-state index in [1.54, 1.807) is 36.7 Å². The van der Waals surface area contributed by atoms with Crippen LogP contribution in [-0.2, 0) is 11.2 Å². The van der Waals surface area contributed by atoms with E-state index in [0.29, 0.717) is 38.8 Å². The number of benzene rings is 1. The molecule has 0 unspecified atom stereocenters. The number of ether oxygens (including phenoxy) is 1. The zero-order valence-corrected chi connectivity index (χ0v) is 19.7. The van der Waals surface area contributed by atoms with Crippen molar-refractivity contribution in [3.63, 3.8) is 0 Å². The first kappa shape index (κ1) is 22.4. The van der Waals surface area contributed by atoms with Crippen LogP contribution in [0.1, 0.15) is 15.9 Å². The van der Waals surface area contributed by atoms with E-state index in [1.807, 2.05) is 0 Å². The molecule has 5 rings (SSSR count). The number of hydrogen-bond donors (Lipinski definition) is 1. The molecule has 1 saturated heterocycles. The van der Waals surface area contributed by atoms with Crippen LogP contribution in [0.2, 0.25) is 0 Å². The molecular weight excluding hydrogens is 421 g/mol. The second kappa shape index (κ2) is 9.37. The molecule has 2 aliphatic heterocycles. The minimum absolute atomic E-state index is 0. The molecule has 2 N–H and O–H groups in total. The van der Waals surface area contributed by atoms with E-state index in [4.69, 9.17) is 20.4 Å². The smallest absolute Gasteiger partial charge is 0.545 e. The van der Waals surface area contributed by atoms with Gasteiger partial charge in [-0.05, 0) is 24.1 Å². The number of rotatable bonds is 4. The largest absolute Gasteiger partial charge is 1.00 e. The molecule has 4 heterocycles. The third kappa shape index (κ3) is 4.26. The average molecular weight is 441 g/mol. The zero-order chi connectivity index (χ0) is 21.4. The van der Waals surface area contributed by atoms with Crippen LogP contribution in [0.25, 0.3) is 11.3 Å². The first-order valence-corrected chi connectivity index (χ1v) is 10.0. The summed E-state index contributed by atoms with van der Waals surface area (Å²) in [6, 6.07) is 6.62. The molecule has 0 saturated carbocycles. The number of anilines is 4. The normalized spacial score (nSPS) is 15.2. The summed E-state index contributed by atoms with van der Waals surface area (Å²) >= 11 is 0. The first-order chi connectivity index (χ1) is 15.1. The van der Waals surface area contributed by atoms with Crippen molar-refractivity contribution in [1.29, 1.82) is 0 Å². The van der Waals surface area contributed by atoms with Crippen LogP contribution in [-0.4, -0.2) is 58.8 Å². The fourth-order valence-electron chi connectivity index (χ4n) is 3.88. The van der Waals surface area contributed by atoms with E-state index >= 15 is 0 Å². The Labute approximate surface area is 206 Å². The summed E-state index contributed by atoms with van der Waals surface area (Å²) in [5.74, 6) is 0.421. The van der Waals surface area contributed by atoms with Gasteiger partial charge in [0.25, 0.3) is 0 Å². The maximum Gasteiger partial charge on any atom is 1.00 e. The van der Waals surface area contributed by atoms with E-state index in [9.17, 15) is 9.90 Å². The van der Waals surface area contributed by atoms with Crippen molar-refractivity contribution in [3.05, 3.63) is 47.8 Å². The van der Waals surface area contributed by atoms with Crippen molar-refractivity contribution in [2.45, 2.75) is 6.42 Å². The number of carboxylic acids is 1. The Bertz CT molecular complexity index is 1120. The minimum atomic E-state index is -1.20. The van der Waals surface area contributed by atoms with Crippen LogP contribution in [0, 0.1) is 0 Å². The molecule has 158 valence electrons. The van der Waals surface area contributed by atoms with Crippen LogP contribution in [0.3, 0.4) is 0 Å². The topological polar surface area (TPSA) is 133 Å². The van der Waals surface area contributed by atoms with E-state index in [1.165, 1.54) is 0 Å². The zero-order valence-electron chi connectivity index (χ0n) is 17.7. The Morgan fingerprint density at radius 1 is 1.03 bits per heavy atom. The predicted molar refractivity (Wildman–Crippen MR) is 112 cm³/mol. The summed E-state index contributed by atoms with van der Waals surface area (Å²) in [6.45, 7) is 3.35. The number of morpholine rings is 1. The maximum atomic E-state index is 11.1. The van der Waals surface area contributed by atoms with Crippen molar-refractivity contribution in [2.75, 3.05) is 48.4 Å². The van der Waals surface area contributed by atoms with Gasteiger partial charge in [-0.1, -0.05) is 12.1 Å². The fourth-order valence-corrected chi connectivity index (χ4v) is 3.88. The summed E-state index contributed by atoms with van der Waals surface area (Å²) in [5.41, 5.74) is 9.21. The van der Waals surface area contributed by atoms with Crippen molar-refractivity contribution in [2.24, 2.45) is 0 Å². The van der Waals surface area contributed by atoms with Gasteiger partial charge in [-0.15, -0.1) is 0 Å². The SMILES string of the molecule is Nc1ncc(-c2nc(N3CCOCC3)nc3c2CCN3c2ccc(C(=O)[O-])cc2)cn1.[Na+]. The van der Waals surface area contributed by atoms with Gasteiger partial charge in [0.2, 0.25) is 11.9 Å². The second-order valence-corrected chi connectivity index (χ2v) is 7.34. The molecule has 10 nitrogen and oxygen atoms in total. The van der Waals surface area contributed by atoms with Crippen LogP contribution in [0.4, 0.5) is 23.4 Å². The van der Waals surface area contributed by atoms with Crippen molar-refractivity contribution in [3.8, 4) is 11.3 Å². The Balaban J connectivity index is 0.00000245. The number of hydrogen-bond acceptors (Lipinski definition) is 10. The van der Waals surface area contributed by atoms with Gasteiger partial charge in [-0.25, -0.2) is 15.0 Å². The average Bonchev–Trinajstić information content (AvgIpc) is 3.24. The number of carbonyl (C=O) groups excluding carboxylic acids is 1. The van der Waals surface area contributed by atoms with Gasteiger partial charge in [0.05, 0.1) is 24.9 Å². The minimum Gasteiger partial charge on any atom is -0.545 e. The van der Waals surface area contributed by atoms with Crippen molar-refractivity contribution >= 4 is 29.4 Å². The molecule has 0 bridgehead atoms. The molecule has 0 amide bonds. The molecule has 0 aliphatic carbocycles. The van der Waals surface area contributed by atoms with Gasteiger partial charge in [-0.3, -0.25) is 0 Å². The Hall–Kier alpha value is -2.79. The van der Waals surface area contributed by atoms with E-state index in [2.05, 4.69) is 19.8 Å². The van der Waals surface area contributed by atoms with Gasteiger partial charge in [0, 0.05) is 48.8 Å². The number of aromatic nitrogens is 4. The first-order valence-electron chi connectivity index (χ1n) is 10.0. The monoisotopic (exact) mass is 441 g/mol. The van der Waals surface area contributed by atoms with E-state index in [0.717, 1.165) is 34.7 Å². The molecule has 32 heavy (non-hydrogen) atoms. The quantitative estimate of drug-likeness (QED) is 0.430.